The van der Waals surface area contributed by atoms with Crippen molar-refractivity contribution in [3.63, 3.8) is 0 Å². The molecule has 8 heteroatoms. The summed E-state index contributed by atoms with van der Waals surface area (Å²) in [5, 5.41) is 8.97. The Labute approximate surface area is 123 Å². The van der Waals surface area contributed by atoms with E-state index in [2.05, 4.69) is 4.72 Å². The van der Waals surface area contributed by atoms with E-state index in [0.717, 1.165) is 5.69 Å². The zero-order valence-electron chi connectivity index (χ0n) is 11.7. The molecule has 1 fully saturated rings. The molecule has 1 aromatic carbocycles. The fourth-order valence-corrected chi connectivity index (χ4v) is 3.18. The maximum atomic E-state index is 11.8. The summed E-state index contributed by atoms with van der Waals surface area (Å²) < 4.78 is 31.3. The van der Waals surface area contributed by atoms with E-state index >= 15 is 0 Å². The highest BCUT2D eigenvalue weighted by Crippen LogP contribution is 2.20. The van der Waals surface area contributed by atoms with Crippen LogP contribution in [0.15, 0.2) is 29.2 Å². The highest BCUT2D eigenvalue weighted by molar-refractivity contribution is 7.89. The number of carbonyl (C=O) groups is 1. The smallest absolute Gasteiger partial charge is 0.334 e. The number of sulfonamides is 1. The number of hydrogen-bond donors (Lipinski definition) is 2. The summed E-state index contributed by atoms with van der Waals surface area (Å²) in [4.78, 5) is 13.0. The predicted octanol–water partition coefficient (Wildman–Crippen LogP) is 0.275. The topological polar surface area (TPSA) is 95.9 Å². The van der Waals surface area contributed by atoms with E-state index in [1.165, 1.54) is 12.1 Å². The predicted molar refractivity (Wildman–Crippen MR) is 76.9 cm³/mol. The first-order valence-corrected chi connectivity index (χ1v) is 8.11. The first-order valence-electron chi connectivity index (χ1n) is 6.63. The van der Waals surface area contributed by atoms with Crippen molar-refractivity contribution < 1.29 is 23.1 Å². The van der Waals surface area contributed by atoms with Crippen LogP contribution in [0.4, 0.5) is 5.69 Å². The zero-order chi connectivity index (χ0) is 15.5. The standard InChI is InChI=1S/C13H18N2O5S/c1-2-14-21(18,19)11-5-3-10(4-6-11)15-7-8-20-12(9-15)13(16)17/h3-6,12,14H,2,7-9H2,1H3,(H,16,17). The average Bonchev–Trinajstić information content (AvgIpc) is 2.47. The summed E-state index contributed by atoms with van der Waals surface area (Å²) >= 11 is 0. The summed E-state index contributed by atoms with van der Waals surface area (Å²) in [5.41, 5.74) is 0.778. The van der Waals surface area contributed by atoms with Gasteiger partial charge in [0.1, 0.15) is 0 Å². The fourth-order valence-electron chi connectivity index (χ4n) is 2.14. The summed E-state index contributed by atoms with van der Waals surface area (Å²) in [6.45, 7) is 3.19. The highest BCUT2D eigenvalue weighted by atomic mass is 32.2. The molecule has 1 unspecified atom stereocenters. The number of rotatable bonds is 5. The average molecular weight is 314 g/mol. The third-order valence-electron chi connectivity index (χ3n) is 3.19. The number of hydrogen-bond acceptors (Lipinski definition) is 5. The van der Waals surface area contributed by atoms with Crippen LogP contribution in [0.5, 0.6) is 0 Å². The van der Waals surface area contributed by atoms with Crippen molar-refractivity contribution >= 4 is 21.7 Å². The molecule has 1 aliphatic heterocycles. The number of ether oxygens (including phenoxy) is 1. The Balaban J connectivity index is 2.14. The van der Waals surface area contributed by atoms with Crippen molar-refractivity contribution in [1.29, 1.82) is 0 Å². The summed E-state index contributed by atoms with van der Waals surface area (Å²) in [6.07, 6.45) is -0.857. The minimum Gasteiger partial charge on any atom is -0.479 e. The Hall–Kier alpha value is -1.64. The molecule has 0 amide bonds. The lowest BCUT2D eigenvalue weighted by Gasteiger charge is -2.32. The molecule has 1 aromatic rings. The minimum atomic E-state index is -3.47. The van der Waals surface area contributed by atoms with Crippen LogP contribution in [0.3, 0.4) is 0 Å². The van der Waals surface area contributed by atoms with E-state index in [9.17, 15) is 13.2 Å². The molecule has 7 nitrogen and oxygen atoms in total. The van der Waals surface area contributed by atoms with Gasteiger partial charge in [-0.3, -0.25) is 0 Å². The number of nitrogens with one attached hydrogen (secondary N) is 1. The maximum Gasteiger partial charge on any atom is 0.334 e. The lowest BCUT2D eigenvalue weighted by atomic mass is 10.2. The number of aliphatic carboxylic acids is 1. The number of anilines is 1. The van der Waals surface area contributed by atoms with Gasteiger partial charge in [-0.15, -0.1) is 0 Å². The molecule has 1 atom stereocenters. The normalized spacial score (nSPS) is 19.5. The first-order chi connectivity index (χ1) is 9.94. The van der Waals surface area contributed by atoms with Crippen LogP contribution in [0.1, 0.15) is 6.92 Å². The monoisotopic (exact) mass is 314 g/mol. The second kappa shape index (κ2) is 6.42. The Bertz CT molecular complexity index is 599. The molecule has 1 saturated heterocycles. The Morgan fingerprint density at radius 3 is 2.67 bits per heavy atom. The molecule has 2 N–H and O–H groups in total. The van der Waals surface area contributed by atoms with Gasteiger partial charge in [-0.05, 0) is 24.3 Å². The van der Waals surface area contributed by atoms with E-state index in [1.807, 2.05) is 4.90 Å². The molecule has 21 heavy (non-hydrogen) atoms. The van der Waals surface area contributed by atoms with E-state index in [4.69, 9.17) is 9.84 Å². The Morgan fingerprint density at radius 1 is 1.43 bits per heavy atom. The molecular formula is C13H18N2O5S. The van der Waals surface area contributed by atoms with Gasteiger partial charge in [-0.25, -0.2) is 17.9 Å². The van der Waals surface area contributed by atoms with Crippen molar-refractivity contribution in [2.45, 2.75) is 17.9 Å². The van der Waals surface area contributed by atoms with Crippen LogP contribution in [0, 0.1) is 0 Å². The van der Waals surface area contributed by atoms with Crippen LogP contribution >= 0.6 is 0 Å². The van der Waals surface area contributed by atoms with Gasteiger partial charge < -0.3 is 14.7 Å². The molecule has 0 aliphatic carbocycles. The first kappa shape index (κ1) is 15.7. The molecule has 1 heterocycles. The van der Waals surface area contributed by atoms with E-state index in [0.29, 0.717) is 19.7 Å². The third-order valence-corrected chi connectivity index (χ3v) is 4.75. The lowest BCUT2D eigenvalue weighted by molar-refractivity contribution is -0.150. The quantitative estimate of drug-likeness (QED) is 0.810. The van der Waals surface area contributed by atoms with Crippen molar-refractivity contribution in [1.82, 2.24) is 4.72 Å². The van der Waals surface area contributed by atoms with Gasteiger partial charge in [0.2, 0.25) is 10.0 Å². The Kier molecular flexibility index (Phi) is 4.81. The molecule has 2 rings (SSSR count). The van der Waals surface area contributed by atoms with Crippen molar-refractivity contribution in [2.75, 3.05) is 31.1 Å². The summed E-state index contributed by atoms with van der Waals surface area (Å²) in [7, 11) is -3.47. The highest BCUT2D eigenvalue weighted by Gasteiger charge is 2.26. The third kappa shape index (κ3) is 3.72. The lowest BCUT2D eigenvalue weighted by Crippen LogP contribution is -2.46. The fraction of sp³-hybridized carbons (Fsp3) is 0.462. The van der Waals surface area contributed by atoms with Crippen LogP contribution in [-0.2, 0) is 19.6 Å². The number of carboxylic acids is 1. The molecule has 0 saturated carbocycles. The van der Waals surface area contributed by atoms with Crippen LogP contribution in [0.2, 0.25) is 0 Å². The second-order valence-electron chi connectivity index (χ2n) is 4.64. The molecule has 0 spiro atoms. The van der Waals surface area contributed by atoms with Gasteiger partial charge in [0, 0.05) is 18.8 Å². The van der Waals surface area contributed by atoms with Crippen LogP contribution in [-0.4, -0.2) is 51.8 Å². The molecule has 116 valence electrons. The molecule has 0 aromatic heterocycles. The largest absolute Gasteiger partial charge is 0.479 e. The minimum absolute atomic E-state index is 0.191. The molecular weight excluding hydrogens is 296 g/mol. The Morgan fingerprint density at radius 2 is 2.10 bits per heavy atom. The van der Waals surface area contributed by atoms with Gasteiger partial charge in [0.15, 0.2) is 6.10 Å². The summed E-state index contributed by atoms with van der Waals surface area (Å²) in [5.74, 6) is -0.994. The van der Waals surface area contributed by atoms with Crippen molar-refractivity contribution in [2.24, 2.45) is 0 Å². The summed E-state index contributed by atoms with van der Waals surface area (Å²) in [6, 6.07) is 6.38. The second-order valence-corrected chi connectivity index (χ2v) is 6.41. The number of morpholine rings is 1. The molecule has 0 radical (unpaired) electrons. The number of nitrogens with zero attached hydrogens (tertiary/aromatic N) is 1. The van der Waals surface area contributed by atoms with Gasteiger partial charge >= 0.3 is 5.97 Å². The molecule has 0 bridgehead atoms. The van der Waals surface area contributed by atoms with Gasteiger partial charge in [0.25, 0.3) is 0 Å². The molecule has 1 aliphatic rings. The van der Waals surface area contributed by atoms with Gasteiger partial charge in [-0.2, -0.15) is 0 Å². The van der Waals surface area contributed by atoms with Crippen molar-refractivity contribution in [3.8, 4) is 0 Å². The van der Waals surface area contributed by atoms with Gasteiger partial charge in [0.05, 0.1) is 18.0 Å². The van der Waals surface area contributed by atoms with E-state index in [-0.39, 0.29) is 11.4 Å². The van der Waals surface area contributed by atoms with Crippen molar-refractivity contribution in [3.05, 3.63) is 24.3 Å². The van der Waals surface area contributed by atoms with Gasteiger partial charge in [-0.1, -0.05) is 6.92 Å². The number of benzene rings is 1. The number of carboxylic acid groups (broad SMARTS) is 1. The maximum absolute atomic E-state index is 11.8. The van der Waals surface area contributed by atoms with Crippen LogP contribution in [0.25, 0.3) is 0 Å². The van der Waals surface area contributed by atoms with E-state index in [1.54, 1.807) is 19.1 Å². The zero-order valence-corrected chi connectivity index (χ0v) is 12.5. The van der Waals surface area contributed by atoms with E-state index < -0.39 is 22.1 Å². The SMILES string of the molecule is CCNS(=O)(=O)c1ccc(N2CCOC(C(=O)O)C2)cc1. The van der Waals surface area contributed by atoms with Crippen LogP contribution < -0.4 is 9.62 Å².